The number of aromatic nitrogens is 2. The second kappa shape index (κ2) is 6.91. The van der Waals surface area contributed by atoms with Crippen molar-refractivity contribution in [3.05, 3.63) is 5.82 Å². The lowest BCUT2D eigenvalue weighted by Crippen LogP contribution is -2.29. The van der Waals surface area contributed by atoms with Crippen LogP contribution in [0, 0.1) is 0 Å². The molecule has 0 fully saturated rings. The highest BCUT2D eigenvalue weighted by Gasteiger charge is 2.33. The van der Waals surface area contributed by atoms with E-state index < -0.39 is 0 Å². The van der Waals surface area contributed by atoms with E-state index in [-0.39, 0.29) is 5.60 Å². The highest BCUT2D eigenvalue weighted by molar-refractivity contribution is 7.09. The molecule has 1 heterocycles. The van der Waals surface area contributed by atoms with Gasteiger partial charge < -0.3 is 10.1 Å². The van der Waals surface area contributed by atoms with Gasteiger partial charge in [0.1, 0.15) is 5.60 Å². The Balaban J connectivity index is 2.83. The Kier molecular flexibility index (Phi) is 5.85. The van der Waals surface area contributed by atoms with Gasteiger partial charge in [0.15, 0.2) is 5.82 Å². The largest absolute Gasteiger partial charge is 0.367 e. The van der Waals surface area contributed by atoms with Crippen molar-refractivity contribution in [2.24, 2.45) is 0 Å². The van der Waals surface area contributed by atoms with Gasteiger partial charge >= 0.3 is 0 Å². The van der Waals surface area contributed by atoms with Crippen LogP contribution in [0.1, 0.15) is 52.8 Å². The van der Waals surface area contributed by atoms with Gasteiger partial charge in [-0.25, -0.2) is 4.98 Å². The van der Waals surface area contributed by atoms with E-state index in [1.54, 1.807) is 0 Å². The number of anilines is 1. The van der Waals surface area contributed by atoms with E-state index in [9.17, 15) is 0 Å². The summed E-state index contributed by atoms with van der Waals surface area (Å²) in [7, 11) is 0. The average molecular weight is 257 g/mol. The van der Waals surface area contributed by atoms with Crippen molar-refractivity contribution in [3.63, 3.8) is 0 Å². The van der Waals surface area contributed by atoms with Crippen LogP contribution >= 0.6 is 11.5 Å². The normalized spacial score (nSPS) is 11.8. The van der Waals surface area contributed by atoms with Crippen LogP contribution < -0.4 is 5.32 Å². The maximum absolute atomic E-state index is 5.89. The van der Waals surface area contributed by atoms with Crippen LogP contribution in [-0.4, -0.2) is 22.5 Å². The zero-order chi connectivity index (χ0) is 12.7. The Bertz CT molecular complexity index is 323. The van der Waals surface area contributed by atoms with Crippen molar-refractivity contribution in [2.45, 2.75) is 52.6 Å². The summed E-state index contributed by atoms with van der Waals surface area (Å²) in [4.78, 5) is 4.55. The topological polar surface area (TPSA) is 47.0 Å². The number of rotatable bonds is 8. The molecule has 0 aromatic carbocycles. The lowest BCUT2D eigenvalue weighted by molar-refractivity contribution is -0.0562. The molecule has 0 amide bonds. The van der Waals surface area contributed by atoms with E-state index in [4.69, 9.17) is 4.74 Å². The molecule has 17 heavy (non-hydrogen) atoms. The molecule has 0 aliphatic carbocycles. The zero-order valence-corrected chi connectivity index (χ0v) is 12.1. The van der Waals surface area contributed by atoms with Crippen LogP contribution in [0.15, 0.2) is 0 Å². The zero-order valence-electron chi connectivity index (χ0n) is 11.2. The van der Waals surface area contributed by atoms with Crippen molar-refractivity contribution in [1.82, 2.24) is 9.36 Å². The van der Waals surface area contributed by atoms with Crippen molar-refractivity contribution < 1.29 is 4.74 Å². The van der Waals surface area contributed by atoms with Crippen molar-refractivity contribution in [3.8, 4) is 0 Å². The highest BCUT2D eigenvalue weighted by Crippen LogP contribution is 2.32. The molecule has 98 valence electrons. The van der Waals surface area contributed by atoms with Crippen LogP contribution in [0.5, 0.6) is 0 Å². The summed E-state index contributed by atoms with van der Waals surface area (Å²) in [5, 5.41) is 4.16. The van der Waals surface area contributed by atoms with Gasteiger partial charge in [-0.2, -0.15) is 4.37 Å². The van der Waals surface area contributed by atoms with Crippen LogP contribution in [0.4, 0.5) is 5.13 Å². The fourth-order valence-corrected chi connectivity index (χ4v) is 2.50. The third-order valence-corrected chi connectivity index (χ3v) is 3.60. The number of nitrogens with zero attached hydrogens (tertiary/aromatic N) is 2. The third-order valence-electron chi connectivity index (χ3n) is 2.92. The molecule has 0 spiro atoms. The quantitative estimate of drug-likeness (QED) is 0.775. The van der Waals surface area contributed by atoms with E-state index >= 15 is 0 Å². The molecule has 0 saturated carbocycles. The van der Waals surface area contributed by atoms with E-state index in [1.165, 1.54) is 11.5 Å². The molecule has 0 aliphatic heterocycles. The van der Waals surface area contributed by atoms with Gasteiger partial charge in [-0.1, -0.05) is 20.8 Å². The molecular formula is C12H23N3OS. The van der Waals surface area contributed by atoms with Gasteiger partial charge in [0.05, 0.1) is 0 Å². The first-order valence-corrected chi connectivity index (χ1v) is 7.21. The van der Waals surface area contributed by atoms with Crippen LogP contribution in [0.3, 0.4) is 0 Å². The second-order valence-corrected chi connectivity index (χ2v) is 4.74. The molecule has 1 aromatic heterocycles. The summed E-state index contributed by atoms with van der Waals surface area (Å²) in [6.45, 7) is 10.0. The van der Waals surface area contributed by atoms with E-state index in [0.717, 1.165) is 36.8 Å². The number of ether oxygens (including phenoxy) is 1. The predicted octanol–water partition coefficient (Wildman–Crippen LogP) is 3.41. The lowest BCUT2D eigenvalue weighted by atomic mass is 9.96. The van der Waals surface area contributed by atoms with Crippen molar-refractivity contribution in [2.75, 3.05) is 18.5 Å². The molecule has 1 rings (SSSR count). The average Bonchev–Trinajstić information content (AvgIpc) is 2.83. The van der Waals surface area contributed by atoms with Gasteiger partial charge in [0, 0.05) is 24.7 Å². The van der Waals surface area contributed by atoms with Gasteiger partial charge in [0.25, 0.3) is 0 Å². The SMILES string of the molecule is CCCNc1nc(C(CC)(CC)OCC)ns1. The minimum Gasteiger partial charge on any atom is -0.367 e. The van der Waals surface area contributed by atoms with Crippen molar-refractivity contribution >= 4 is 16.7 Å². The Morgan fingerprint density at radius 2 is 1.94 bits per heavy atom. The summed E-state index contributed by atoms with van der Waals surface area (Å²) in [5.41, 5.74) is -0.308. The Labute approximate surface area is 108 Å². The maximum atomic E-state index is 5.89. The summed E-state index contributed by atoms with van der Waals surface area (Å²) in [6.07, 6.45) is 2.90. The molecule has 0 bridgehead atoms. The first kappa shape index (κ1) is 14.4. The predicted molar refractivity (Wildman–Crippen MR) is 72.6 cm³/mol. The van der Waals surface area contributed by atoms with E-state index in [1.807, 2.05) is 6.92 Å². The van der Waals surface area contributed by atoms with Gasteiger partial charge in [0.2, 0.25) is 5.13 Å². The molecule has 0 radical (unpaired) electrons. The molecule has 0 atom stereocenters. The number of hydrogen-bond donors (Lipinski definition) is 1. The van der Waals surface area contributed by atoms with Gasteiger partial charge in [-0.05, 0) is 26.2 Å². The summed E-state index contributed by atoms with van der Waals surface area (Å²) in [5.74, 6) is 0.827. The molecule has 1 N–H and O–H groups in total. The highest BCUT2D eigenvalue weighted by atomic mass is 32.1. The Hall–Kier alpha value is -0.680. The maximum Gasteiger partial charge on any atom is 0.202 e. The number of nitrogens with one attached hydrogen (secondary N) is 1. The monoisotopic (exact) mass is 257 g/mol. The standard InChI is InChI=1S/C12H23N3OS/c1-5-9-13-11-14-10(15-17-11)12(6-2,7-3)16-8-4/h5-9H2,1-4H3,(H,13,14,15). The first-order valence-electron chi connectivity index (χ1n) is 6.44. The molecule has 0 aliphatic rings. The van der Waals surface area contributed by atoms with Crippen LogP contribution in [-0.2, 0) is 10.3 Å². The molecular weight excluding hydrogens is 234 g/mol. The van der Waals surface area contributed by atoms with E-state index in [2.05, 4.69) is 35.4 Å². The molecule has 5 heteroatoms. The number of hydrogen-bond acceptors (Lipinski definition) is 5. The Morgan fingerprint density at radius 3 is 2.47 bits per heavy atom. The van der Waals surface area contributed by atoms with Gasteiger partial charge in [-0.15, -0.1) is 0 Å². The minimum atomic E-state index is -0.308. The molecule has 1 aromatic rings. The summed E-state index contributed by atoms with van der Waals surface area (Å²) >= 11 is 1.42. The summed E-state index contributed by atoms with van der Waals surface area (Å²) < 4.78 is 10.3. The van der Waals surface area contributed by atoms with Gasteiger partial charge in [-0.3, -0.25) is 0 Å². The lowest BCUT2D eigenvalue weighted by Gasteiger charge is -2.28. The fourth-order valence-electron chi connectivity index (χ4n) is 1.82. The fraction of sp³-hybridized carbons (Fsp3) is 0.833. The minimum absolute atomic E-state index is 0.308. The molecule has 4 nitrogen and oxygen atoms in total. The van der Waals surface area contributed by atoms with Crippen molar-refractivity contribution in [1.29, 1.82) is 0 Å². The van der Waals surface area contributed by atoms with Crippen LogP contribution in [0.25, 0.3) is 0 Å². The Morgan fingerprint density at radius 1 is 1.24 bits per heavy atom. The van der Waals surface area contributed by atoms with Crippen LogP contribution in [0.2, 0.25) is 0 Å². The molecule has 0 unspecified atom stereocenters. The first-order chi connectivity index (χ1) is 8.22. The third kappa shape index (κ3) is 3.39. The molecule has 0 saturated heterocycles. The smallest absolute Gasteiger partial charge is 0.202 e. The van der Waals surface area contributed by atoms with E-state index in [0.29, 0.717) is 6.61 Å². The summed E-state index contributed by atoms with van der Waals surface area (Å²) in [6, 6.07) is 0. The second-order valence-electron chi connectivity index (χ2n) is 3.98.